The van der Waals surface area contributed by atoms with Gasteiger partial charge in [0.25, 0.3) is 0 Å². The molecule has 2 N–H and O–H groups in total. The van der Waals surface area contributed by atoms with Crippen LogP contribution >= 0.6 is 0 Å². The molecule has 0 amide bonds. The van der Waals surface area contributed by atoms with Crippen molar-refractivity contribution in [2.24, 2.45) is 0 Å². The van der Waals surface area contributed by atoms with Gasteiger partial charge in [0.2, 0.25) is 0 Å². The van der Waals surface area contributed by atoms with E-state index in [0.29, 0.717) is 12.1 Å². The fourth-order valence-electron chi connectivity index (χ4n) is 2.85. The number of nitrogens with one attached hydrogen (secondary N) is 2. The molecule has 0 bridgehead atoms. The third-order valence-corrected chi connectivity index (χ3v) is 3.81. The number of hydrogen-bond donors (Lipinski definition) is 2. The average molecular weight is 262 g/mol. The molecule has 1 aliphatic heterocycles. The third-order valence-electron chi connectivity index (χ3n) is 3.81. The molecule has 3 nitrogen and oxygen atoms in total. The van der Waals surface area contributed by atoms with Gasteiger partial charge in [-0.15, -0.1) is 0 Å². The number of ether oxygens (including phenoxy) is 1. The molecule has 0 aliphatic carbocycles. The number of benzene rings is 1. The van der Waals surface area contributed by atoms with Crippen LogP contribution in [0.1, 0.15) is 31.7 Å². The maximum absolute atomic E-state index is 5.42. The minimum Gasteiger partial charge on any atom is -0.496 e. The van der Waals surface area contributed by atoms with Crippen LogP contribution in [0.2, 0.25) is 0 Å². The zero-order valence-corrected chi connectivity index (χ0v) is 12.1. The van der Waals surface area contributed by atoms with Crippen LogP contribution in [0.3, 0.4) is 0 Å². The van der Waals surface area contributed by atoms with Crippen LogP contribution in [0.25, 0.3) is 0 Å². The van der Waals surface area contributed by atoms with Crippen molar-refractivity contribution in [1.29, 1.82) is 0 Å². The summed E-state index contributed by atoms with van der Waals surface area (Å²) in [6.07, 6.45) is 4.81. The minimum absolute atomic E-state index is 0.486. The van der Waals surface area contributed by atoms with Gasteiger partial charge in [-0.3, -0.25) is 0 Å². The van der Waals surface area contributed by atoms with E-state index >= 15 is 0 Å². The molecule has 3 heteroatoms. The van der Waals surface area contributed by atoms with Gasteiger partial charge in [0.05, 0.1) is 7.11 Å². The summed E-state index contributed by atoms with van der Waals surface area (Å²) in [6.45, 7) is 4.57. The van der Waals surface area contributed by atoms with Crippen molar-refractivity contribution < 1.29 is 4.74 Å². The molecule has 0 spiro atoms. The Morgan fingerprint density at radius 2 is 2.16 bits per heavy atom. The normalized spacial score (nSPS) is 21.7. The topological polar surface area (TPSA) is 33.3 Å². The summed E-state index contributed by atoms with van der Waals surface area (Å²) in [6, 6.07) is 9.44. The predicted octanol–water partition coefficient (Wildman–Crippen LogP) is 2.36. The lowest BCUT2D eigenvalue weighted by Gasteiger charge is -2.22. The van der Waals surface area contributed by atoms with Crippen molar-refractivity contribution in [2.75, 3.05) is 20.2 Å². The van der Waals surface area contributed by atoms with Crippen molar-refractivity contribution >= 4 is 0 Å². The molecular weight excluding hydrogens is 236 g/mol. The molecule has 19 heavy (non-hydrogen) atoms. The standard InChI is InChI=1S/C16H26N2O/c1-13(18-15-7-5-10-17-11-9-15)12-14-6-3-4-8-16(14)19-2/h3-4,6,8,13,15,17-18H,5,7,9-12H2,1-2H3. The molecule has 2 rings (SSSR count). The predicted molar refractivity (Wildman–Crippen MR) is 79.8 cm³/mol. The molecule has 1 heterocycles. The summed E-state index contributed by atoms with van der Waals surface area (Å²) in [5.74, 6) is 0.999. The minimum atomic E-state index is 0.486. The SMILES string of the molecule is COc1ccccc1CC(C)NC1CCCNCC1. The maximum atomic E-state index is 5.42. The smallest absolute Gasteiger partial charge is 0.122 e. The van der Waals surface area contributed by atoms with Crippen LogP contribution in [0.15, 0.2) is 24.3 Å². The first-order valence-corrected chi connectivity index (χ1v) is 7.38. The lowest BCUT2D eigenvalue weighted by Crippen LogP contribution is -2.38. The van der Waals surface area contributed by atoms with Crippen molar-refractivity contribution in [3.63, 3.8) is 0 Å². The van der Waals surface area contributed by atoms with Gasteiger partial charge in [0.15, 0.2) is 0 Å². The van der Waals surface area contributed by atoms with Gasteiger partial charge in [-0.1, -0.05) is 18.2 Å². The second-order valence-corrected chi connectivity index (χ2v) is 5.46. The quantitative estimate of drug-likeness (QED) is 0.854. The molecule has 106 valence electrons. The molecular formula is C16H26N2O. The fourth-order valence-corrected chi connectivity index (χ4v) is 2.85. The highest BCUT2D eigenvalue weighted by Crippen LogP contribution is 2.19. The fraction of sp³-hybridized carbons (Fsp3) is 0.625. The summed E-state index contributed by atoms with van der Waals surface area (Å²) < 4.78 is 5.42. The van der Waals surface area contributed by atoms with E-state index in [1.165, 1.54) is 31.4 Å². The zero-order chi connectivity index (χ0) is 13.5. The summed E-state index contributed by atoms with van der Waals surface area (Å²) in [4.78, 5) is 0. The lowest BCUT2D eigenvalue weighted by molar-refractivity contribution is 0.392. The number of rotatable bonds is 5. The molecule has 1 saturated heterocycles. The summed E-state index contributed by atoms with van der Waals surface area (Å²) in [5, 5.41) is 7.22. The van der Waals surface area contributed by atoms with Crippen molar-refractivity contribution in [3.8, 4) is 5.75 Å². The number of para-hydroxylation sites is 1. The summed E-state index contributed by atoms with van der Waals surface area (Å²) >= 11 is 0. The molecule has 2 atom stereocenters. The molecule has 1 aromatic carbocycles. The van der Waals surface area contributed by atoms with E-state index in [0.717, 1.165) is 18.7 Å². The molecule has 0 aromatic heterocycles. The molecule has 0 radical (unpaired) electrons. The second-order valence-electron chi connectivity index (χ2n) is 5.46. The molecule has 0 saturated carbocycles. The van der Waals surface area contributed by atoms with E-state index in [1.807, 2.05) is 12.1 Å². The Morgan fingerprint density at radius 3 is 3.00 bits per heavy atom. The van der Waals surface area contributed by atoms with Crippen LogP contribution in [0.4, 0.5) is 0 Å². The van der Waals surface area contributed by atoms with Gasteiger partial charge >= 0.3 is 0 Å². The third kappa shape index (κ3) is 4.51. The van der Waals surface area contributed by atoms with E-state index in [4.69, 9.17) is 4.74 Å². The van der Waals surface area contributed by atoms with Crippen LogP contribution in [-0.2, 0) is 6.42 Å². The highest BCUT2D eigenvalue weighted by molar-refractivity contribution is 5.33. The van der Waals surface area contributed by atoms with Crippen molar-refractivity contribution in [2.45, 2.75) is 44.7 Å². The highest BCUT2D eigenvalue weighted by atomic mass is 16.5. The lowest BCUT2D eigenvalue weighted by atomic mass is 10.0. The Bertz CT molecular complexity index is 373. The van der Waals surface area contributed by atoms with E-state index < -0.39 is 0 Å². The Hall–Kier alpha value is -1.06. The molecule has 2 unspecified atom stereocenters. The van der Waals surface area contributed by atoms with Gasteiger partial charge in [-0.05, 0) is 57.3 Å². The van der Waals surface area contributed by atoms with E-state index in [1.54, 1.807) is 7.11 Å². The van der Waals surface area contributed by atoms with E-state index in [2.05, 4.69) is 29.7 Å². The summed E-state index contributed by atoms with van der Waals surface area (Å²) in [7, 11) is 1.74. The largest absolute Gasteiger partial charge is 0.496 e. The van der Waals surface area contributed by atoms with Crippen molar-refractivity contribution in [1.82, 2.24) is 10.6 Å². The Balaban J connectivity index is 1.87. The zero-order valence-electron chi connectivity index (χ0n) is 12.1. The Morgan fingerprint density at radius 1 is 1.32 bits per heavy atom. The van der Waals surface area contributed by atoms with Gasteiger partial charge < -0.3 is 15.4 Å². The molecule has 1 fully saturated rings. The second kappa shape index (κ2) is 7.51. The van der Waals surface area contributed by atoms with Gasteiger partial charge in [-0.2, -0.15) is 0 Å². The van der Waals surface area contributed by atoms with Gasteiger partial charge in [0.1, 0.15) is 5.75 Å². The Kier molecular flexibility index (Phi) is 5.67. The van der Waals surface area contributed by atoms with E-state index in [9.17, 15) is 0 Å². The van der Waals surface area contributed by atoms with Gasteiger partial charge in [0, 0.05) is 12.1 Å². The first-order chi connectivity index (χ1) is 9.29. The maximum Gasteiger partial charge on any atom is 0.122 e. The van der Waals surface area contributed by atoms with Crippen molar-refractivity contribution in [3.05, 3.63) is 29.8 Å². The van der Waals surface area contributed by atoms with Crippen LogP contribution in [0, 0.1) is 0 Å². The first kappa shape index (κ1) is 14.4. The average Bonchev–Trinajstić information content (AvgIpc) is 2.68. The van der Waals surface area contributed by atoms with Crippen LogP contribution < -0.4 is 15.4 Å². The van der Waals surface area contributed by atoms with Gasteiger partial charge in [-0.25, -0.2) is 0 Å². The number of hydrogen-bond acceptors (Lipinski definition) is 3. The highest BCUT2D eigenvalue weighted by Gasteiger charge is 2.15. The molecule has 1 aliphatic rings. The first-order valence-electron chi connectivity index (χ1n) is 7.38. The van der Waals surface area contributed by atoms with Crippen LogP contribution in [-0.4, -0.2) is 32.3 Å². The summed E-state index contributed by atoms with van der Waals surface area (Å²) in [5.41, 5.74) is 1.29. The Labute approximate surface area is 116 Å². The van der Waals surface area contributed by atoms with E-state index in [-0.39, 0.29) is 0 Å². The number of methoxy groups -OCH3 is 1. The molecule has 1 aromatic rings. The monoisotopic (exact) mass is 262 g/mol. The van der Waals surface area contributed by atoms with Crippen LogP contribution in [0.5, 0.6) is 5.75 Å².